The summed E-state index contributed by atoms with van der Waals surface area (Å²) in [4.78, 5) is 17.9. The van der Waals surface area contributed by atoms with Gasteiger partial charge in [-0.3, -0.25) is 4.79 Å². The summed E-state index contributed by atoms with van der Waals surface area (Å²) in [5.74, 6) is 1.39. The first-order valence-corrected chi connectivity index (χ1v) is 12.8. The quantitative estimate of drug-likeness (QED) is 0.271. The Balaban J connectivity index is 1.52. The SMILES string of the molecule is COc1ccc(CCNC(=S)N(Cc2ccccc2)Cc2cc3cc(C)c(Cl)cc3[nH]c2=O)cc1OC. The first kappa shape index (κ1) is 26.5. The number of nitrogens with one attached hydrogen (secondary N) is 2. The minimum absolute atomic E-state index is 0.154. The van der Waals surface area contributed by atoms with Crippen molar-refractivity contribution >= 4 is 39.8 Å². The number of hydrogen-bond acceptors (Lipinski definition) is 4. The van der Waals surface area contributed by atoms with Gasteiger partial charge in [0.15, 0.2) is 16.6 Å². The highest BCUT2D eigenvalue weighted by Crippen LogP contribution is 2.27. The first-order chi connectivity index (χ1) is 17.9. The molecule has 37 heavy (non-hydrogen) atoms. The van der Waals surface area contributed by atoms with Crippen molar-refractivity contribution in [2.24, 2.45) is 0 Å². The lowest BCUT2D eigenvalue weighted by molar-refractivity contribution is 0.354. The molecule has 1 aromatic heterocycles. The van der Waals surface area contributed by atoms with Crippen LogP contribution < -0.4 is 20.3 Å². The van der Waals surface area contributed by atoms with Gasteiger partial charge in [0.2, 0.25) is 0 Å². The van der Waals surface area contributed by atoms with Gasteiger partial charge in [-0.15, -0.1) is 0 Å². The molecule has 0 atom stereocenters. The summed E-state index contributed by atoms with van der Waals surface area (Å²) in [6.07, 6.45) is 0.746. The number of aromatic nitrogens is 1. The van der Waals surface area contributed by atoms with Crippen molar-refractivity contribution < 1.29 is 9.47 Å². The van der Waals surface area contributed by atoms with Crippen molar-refractivity contribution in [1.82, 2.24) is 15.2 Å². The fourth-order valence-electron chi connectivity index (χ4n) is 4.18. The molecule has 0 saturated heterocycles. The third-order valence-electron chi connectivity index (χ3n) is 6.20. The maximum Gasteiger partial charge on any atom is 0.253 e. The van der Waals surface area contributed by atoms with E-state index in [0.29, 0.717) is 46.8 Å². The molecular formula is C29H30ClN3O3S. The van der Waals surface area contributed by atoms with Crippen LogP contribution in [0.25, 0.3) is 10.9 Å². The molecule has 2 N–H and O–H groups in total. The lowest BCUT2D eigenvalue weighted by Crippen LogP contribution is -2.40. The molecule has 0 saturated carbocycles. The molecule has 0 unspecified atom stereocenters. The average Bonchev–Trinajstić information content (AvgIpc) is 2.90. The summed E-state index contributed by atoms with van der Waals surface area (Å²) in [7, 11) is 3.25. The highest BCUT2D eigenvalue weighted by Gasteiger charge is 2.15. The lowest BCUT2D eigenvalue weighted by Gasteiger charge is -2.26. The van der Waals surface area contributed by atoms with Gasteiger partial charge in [-0.1, -0.05) is 48.0 Å². The van der Waals surface area contributed by atoms with E-state index in [4.69, 9.17) is 33.3 Å². The number of rotatable bonds is 9. The van der Waals surface area contributed by atoms with Gasteiger partial charge in [-0.25, -0.2) is 0 Å². The predicted molar refractivity (Wildman–Crippen MR) is 154 cm³/mol. The van der Waals surface area contributed by atoms with Gasteiger partial charge in [0.05, 0.1) is 20.8 Å². The van der Waals surface area contributed by atoms with E-state index in [1.807, 2.05) is 60.4 Å². The van der Waals surface area contributed by atoms with Gasteiger partial charge in [0.1, 0.15) is 0 Å². The standard InChI is InChI=1S/C29H30ClN3O3S/c1-19-13-22-15-23(28(34)32-25(22)16-24(19)30)18-33(17-21-7-5-4-6-8-21)29(37)31-12-11-20-9-10-26(35-2)27(14-20)36-3/h4-10,13-16H,11-12,17-18H2,1-3H3,(H,31,37)(H,32,34). The van der Waals surface area contributed by atoms with Crippen molar-refractivity contribution in [2.75, 3.05) is 20.8 Å². The number of thiocarbonyl (C=S) groups is 1. The molecule has 8 heteroatoms. The van der Waals surface area contributed by atoms with Gasteiger partial charge < -0.3 is 24.7 Å². The number of fused-ring (bicyclic) bond motifs is 1. The van der Waals surface area contributed by atoms with Crippen LogP contribution in [0.5, 0.6) is 11.5 Å². The number of benzene rings is 3. The minimum atomic E-state index is -0.154. The van der Waals surface area contributed by atoms with Crippen LogP contribution in [0.2, 0.25) is 5.02 Å². The van der Waals surface area contributed by atoms with E-state index in [1.165, 1.54) is 0 Å². The number of ether oxygens (including phenoxy) is 2. The van der Waals surface area contributed by atoms with Crippen molar-refractivity contribution in [3.05, 3.63) is 104 Å². The highest BCUT2D eigenvalue weighted by atomic mass is 35.5. The summed E-state index contributed by atoms with van der Waals surface area (Å²) < 4.78 is 10.7. The second-order valence-electron chi connectivity index (χ2n) is 8.83. The van der Waals surface area contributed by atoms with Crippen molar-refractivity contribution in [3.8, 4) is 11.5 Å². The summed E-state index contributed by atoms with van der Waals surface area (Å²) in [6, 6.07) is 21.6. The van der Waals surface area contributed by atoms with E-state index in [9.17, 15) is 4.79 Å². The zero-order valence-electron chi connectivity index (χ0n) is 21.1. The molecule has 3 aromatic carbocycles. The molecule has 0 fully saturated rings. The number of H-pyrrole nitrogens is 1. The smallest absolute Gasteiger partial charge is 0.253 e. The Labute approximate surface area is 227 Å². The molecule has 4 rings (SSSR count). The number of halogens is 1. The summed E-state index contributed by atoms with van der Waals surface area (Å²) >= 11 is 12.0. The second kappa shape index (κ2) is 12.1. The number of aromatic amines is 1. The van der Waals surface area contributed by atoms with Crippen LogP contribution >= 0.6 is 23.8 Å². The van der Waals surface area contributed by atoms with Gasteiger partial charge >= 0.3 is 0 Å². The van der Waals surface area contributed by atoms with Gasteiger partial charge in [0, 0.05) is 29.2 Å². The van der Waals surface area contributed by atoms with Crippen LogP contribution in [0.15, 0.2) is 71.5 Å². The van der Waals surface area contributed by atoms with E-state index in [-0.39, 0.29) is 5.56 Å². The largest absolute Gasteiger partial charge is 0.493 e. The Morgan fingerprint density at radius 1 is 0.973 bits per heavy atom. The molecule has 0 bridgehead atoms. The highest BCUT2D eigenvalue weighted by molar-refractivity contribution is 7.80. The van der Waals surface area contributed by atoms with E-state index in [1.54, 1.807) is 20.3 Å². The monoisotopic (exact) mass is 535 g/mol. The predicted octanol–water partition coefficient (Wildman–Crippen LogP) is 5.63. The maximum absolute atomic E-state index is 12.9. The summed E-state index contributed by atoms with van der Waals surface area (Å²) in [5.41, 5.74) is 4.36. The van der Waals surface area contributed by atoms with Crippen molar-refractivity contribution in [1.29, 1.82) is 0 Å². The maximum atomic E-state index is 12.9. The Hall–Kier alpha value is -3.55. The van der Waals surface area contributed by atoms with Gasteiger partial charge in [0.25, 0.3) is 5.56 Å². The Morgan fingerprint density at radius 3 is 2.46 bits per heavy atom. The molecular weight excluding hydrogens is 506 g/mol. The minimum Gasteiger partial charge on any atom is -0.493 e. The molecule has 1 heterocycles. The van der Waals surface area contributed by atoms with E-state index in [0.717, 1.165) is 34.0 Å². The van der Waals surface area contributed by atoms with E-state index < -0.39 is 0 Å². The van der Waals surface area contributed by atoms with E-state index in [2.05, 4.69) is 22.4 Å². The number of pyridine rings is 1. The fraction of sp³-hybridized carbons (Fsp3) is 0.241. The summed E-state index contributed by atoms with van der Waals surface area (Å²) in [5, 5.41) is 5.51. The molecule has 192 valence electrons. The van der Waals surface area contributed by atoms with Crippen LogP contribution in [0.4, 0.5) is 0 Å². The van der Waals surface area contributed by atoms with Crippen LogP contribution in [-0.2, 0) is 19.5 Å². The lowest BCUT2D eigenvalue weighted by atomic mass is 10.1. The summed E-state index contributed by atoms with van der Waals surface area (Å²) in [6.45, 7) is 3.52. The molecule has 0 aliphatic rings. The Morgan fingerprint density at radius 2 is 1.73 bits per heavy atom. The second-order valence-corrected chi connectivity index (χ2v) is 9.62. The topological polar surface area (TPSA) is 66.6 Å². The number of hydrogen-bond donors (Lipinski definition) is 2. The van der Waals surface area contributed by atoms with Crippen molar-refractivity contribution in [3.63, 3.8) is 0 Å². The molecule has 0 aliphatic carbocycles. The number of nitrogens with zero attached hydrogens (tertiary/aromatic N) is 1. The normalized spacial score (nSPS) is 10.8. The Bertz CT molecular complexity index is 1460. The van der Waals surface area contributed by atoms with Crippen LogP contribution in [-0.4, -0.2) is 35.8 Å². The molecule has 0 radical (unpaired) electrons. The zero-order valence-corrected chi connectivity index (χ0v) is 22.7. The van der Waals surface area contributed by atoms with Crippen LogP contribution in [0, 0.1) is 6.92 Å². The third-order valence-corrected chi connectivity index (χ3v) is 7.01. The fourth-order valence-corrected chi connectivity index (χ4v) is 4.57. The van der Waals surface area contributed by atoms with Crippen molar-refractivity contribution in [2.45, 2.75) is 26.4 Å². The molecule has 0 spiro atoms. The number of methoxy groups -OCH3 is 2. The molecule has 0 aliphatic heterocycles. The Kier molecular flexibility index (Phi) is 8.69. The zero-order chi connectivity index (χ0) is 26.4. The number of aryl methyl sites for hydroxylation is 1. The van der Waals surface area contributed by atoms with E-state index >= 15 is 0 Å². The molecule has 0 amide bonds. The van der Waals surface area contributed by atoms with Crippen LogP contribution in [0.3, 0.4) is 0 Å². The van der Waals surface area contributed by atoms with Crippen LogP contribution in [0.1, 0.15) is 22.3 Å². The molecule has 4 aromatic rings. The van der Waals surface area contributed by atoms with Gasteiger partial charge in [-0.2, -0.15) is 0 Å². The average molecular weight is 536 g/mol. The first-order valence-electron chi connectivity index (χ1n) is 12.0. The van der Waals surface area contributed by atoms with Gasteiger partial charge in [-0.05, 0) is 78.0 Å². The molecule has 6 nitrogen and oxygen atoms in total. The third kappa shape index (κ3) is 6.61.